The van der Waals surface area contributed by atoms with E-state index in [1.54, 1.807) is 18.0 Å². The van der Waals surface area contributed by atoms with E-state index in [0.29, 0.717) is 0 Å². The summed E-state index contributed by atoms with van der Waals surface area (Å²) in [5.41, 5.74) is -0.296. The predicted molar refractivity (Wildman–Crippen MR) is 124 cm³/mol. The van der Waals surface area contributed by atoms with Gasteiger partial charge in [-0.15, -0.1) is 0 Å². The van der Waals surface area contributed by atoms with Crippen molar-refractivity contribution in [2.45, 2.75) is 98.8 Å². The number of piperidine rings is 1. The third kappa shape index (κ3) is 7.34. The van der Waals surface area contributed by atoms with E-state index in [2.05, 4.69) is 24.1 Å². The highest BCUT2D eigenvalue weighted by Gasteiger charge is 2.39. The molecule has 31 heavy (non-hydrogen) atoms. The highest BCUT2D eigenvalue weighted by Crippen LogP contribution is 2.25. The van der Waals surface area contributed by atoms with E-state index in [1.165, 1.54) is 6.92 Å². The van der Waals surface area contributed by atoms with Crippen LogP contribution in [-0.2, 0) is 14.4 Å². The number of nitrogens with zero attached hydrogens (tertiary/aromatic N) is 2. The second kappa shape index (κ2) is 11.1. The second-order valence-corrected chi connectivity index (χ2v) is 10.5. The Balaban J connectivity index is 3.15. The van der Waals surface area contributed by atoms with Gasteiger partial charge in [-0.2, -0.15) is 0 Å². The molecule has 2 amide bonds. The molecule has 0 radical (unpaired) electrons. The van der Waals surface area contributed by atoms with Crippen molar-refractivity contribution in [3.05, 3.63) is 11.6 Å². The van der Waals surface area contributed by atoms with Crippen molar-refractivity contribution in [1.29, 1.82) is 0 Å². The highest BCUT2D eigenvalue weighted by molar-refractivity contribution is 5.91. The van der Waals surface area contributed by atoms with Crippen LogP contribution in [0.4, 0.5) is 0 Å². The van der Waals surface area contributed by atoms with Crippen LogP contribution in [-0.4, -0.2) is 70.4 Å². The molecule has 1 heterocycles. The van der Waals surface area contributed by atoms with Crippen LogP contribution >= 0.6 is 0 Å². The molecule has 0 unspecified atom stereocenters. The topological polar surface area (TPSA) is 90.0 Å². The lowest BCUT2D eigenvalue weighted by Crippen LogP contribution is -2.60. The van der Waals surface area contributed by atoms with Crippen molar-refractivity contribution in [2.24, 2.45) is 11.3 Å². The lowest BCUT2D eigenvalue weighted by Gasteiger charge is -2.41. The Labute approximate surface area is 188 Å². The standard InChI is InChI=1S/C24H43N3O4/c1-15(2)19(14-17(5)23(30)31)26(9)22(29)20(24(6,7)8)25-21(28)18-12-10-11-13-27(18)16(3)4/h14-16,18-20H,10-13H2,1-9H3,(H,25,28)(H,30,31)/t18-,19-,20-/m1/s1. The number of likely N-dealkylation sites (tertiary alicyclic amines) is 1. The zero-order valence-corrected chi connectivity index (χ0v) is 20.9. The molecule has 0 saturated carbocycles. The van der Waals surface area contributed by atoms with Crippen molar-refractivity contribution in [3.8, 4) is 0 Å². The SMILES string of the molecule is CC(=C[C@H](C(C)C)N(C)C(=O)[C@@H](NC(=O)[C@H]1CCCCN1C(C)C)C(C)(C)C)C(=O)O. The van der Waals surface area contributed by atoms with Crippen molar-refractivity contribution < 1.29 is 19.5 Å². The fourth-order valence-electron chi connectivity index (χ4n) is 4.17. The molecule has 1 fully saturated rings. The van der Waals surface area contributed by atoms with Gasteiger partial charge in [-0.25, -0.2) is 4.79 Å². The van der Waals surface area contributed by atoms with E-state index in [1.807, 2.05) is 34.6 Å². The zero-order chi connectivity index (χ0) is 24.1. The van der Waals surface area contributed by atoms with Crippen LogP contribution in [0.25, 0.3) is 0 Å². The maximum atomic E-state index is 13.5. The highest BCUT2D eigenvalue weighted by atomic mass is 16.4. The minimum atomic E-state index is -1.00. The Bertz CT molecular complexity index is 679. The summed E-state index contributed by atoms with van der Waals surface area (Å²) in [4.78, 5) is 41.9. The Hall–Kier alpha value is -1.89. The van der Waals surface area contributed by atoms with Gasteiger partial charge in [0.15, 0.2) is 0 Å². The number of rotatable bonds is 8. The number of carboxylic acid groups (broad SMARTS) is 1. The first kappa shape index (κ1) is 27.1. The summed E-state index contributed by atoms with van der Waals surface area (Å²) >= 11 is 0. The zero-order valence-electron chi connectivity index (χ0n) is 20.9. The maximum Gasteiger partial charge on any atom is 0.331 e. The first-order chi connectivity index (χ1) is 14.2. The van der Waals surface area contributed by atoms with Gasteiger partial charge in [0, 0.05) is 18.7 Å². The van der Waals surface area contributed by atoms with Crippen molar-refractivity contribution in [1.82, 2.24) is 15.1 Å². The largest absolute Gasteiger partial charge is 0.478 e. The molecule has 2 N–H and O–H groups in total. The molecular formula is C24H43N3O4. The molecule has 7 heteroatoms. The molecule has 0 aromatic rings. The number of likely N-dealkylation sites (N-methyl/N-ethyl adjacent to an activating group) is 1. The first-order valence-electron chi connectivity index (χ1n) is 11.4. The predicted octanol–water partition coefficient (Wildman–Crippen LogP) is 3.29. The fourth-order valence-corrected chi connectivity index (χ4v) is 4.17. The Morgan fingerprint density at radius 2 is 1.71 bits per heavy atom. The van der Waals surface area contributed by atoms with Gasteiger partial charge in [-0.05, 0) is 51.5 Å². The van der Waals surface area contributed by atoms with Crippen molar-refractivity contribution in [3.63, 3.8) is 0 Å². The summed E-state index contributed by atoms with van der Waals surface area (Å²) < 4.78 is 0. The molecule has 0 aromatic heterocycles. The summed E-state index contributed by atoms with van der Waals surface area (Å²) in [6.45, 7) is 16.3. The number of aliphatic carboxylic acids is 1. The normalized spacial score (nSPS) is 20.5. The van der Waals surface area contributed by atoms with Crippen LogP contribution in [0.5, 0.6) is 0 Å². The number of amides is 2. The average molecular weight is 438 g/mol. The van der Waals surface area contributed by atoms with E-state index in [-0.39, 0.29) is 41.4 Å². The average Bonchev–Trinajstić information content (AvgIpc) is 2.67. The quantitative estimate of drug-likeness (QED) is 0.569. The number of hydrogen-bond donors (Lipinski definition) is 2. The minimum absolute atomic E-state index is 0.0225. The van der Waals surface area contributed by atoms with E-state index in [0.717, 1.165) is 25.8 Å². The van der Waals surface area contributed by atoms with Crippen molar-refractivity contribution >= 4 is 17.8 Å². The van der Waals surface area contributed by atoms with E-state index < -0.39 is 17.4 Å². The van der Waals surface area contributed by atoms with Crippen LogP contribution in [0, 0.1) is 11.3 Å². The van der Waals surface area contributed by atoms with Gasteiger partial charge in [-0.1, -0.05) is 47.1 Å². The third-order valence-electron chi connectivity index (χ3n) is 6.15. The van der Waals surface area contributed by atoms with E-state index in [9.17, 15) is 19.5 Å². The Morgan fingerprint density at radius 1 is 1.13 bits per heavy atom. The summed E-state index contributed by atoms with van der Waals surface area (Å²) in [7, 11) is 1.69. The van der Waals surface area contributed by atoms with E-state index in [4.69, 9.17) is 0 Å². The second-order valence-electron chi connectivity index (χ2n) is 10.5. The molecule has 0 bridgehead atoms. The molecule has 0 aliphatic carbocycles. The van der Waals surface area contributed by atoms with Gasteiger partial charge in [0.25, 0.3) is 0 Å². The summed E-state index contributed by atoms with van der Waals surface area (Å²) in [5.74, 6) is -1.29. The summed E-state index contributed by atoms with van der Waals surface area (Å²) in [6, 6.07) is -1.06. The molecule has 1 aliphatic rings. The molecule has 7 nitrogen and oxygen atoms in total. The Kier molecular flexibility index (Phi) is 9.73. The van der Waals surface area contributed by atoms with Gasteiger partial charge >= 0.3 is 5.97 Å². The molecule has 1 aliphatic heterocycles. The van der Waals surface area contributed by atoms with Gasteiger partial charge in [0.2, 0.25) is 11.8 Å². The van der Waals surface area contributed by atoms with Crippen LogP contribution < -0.4 is 5.32 Å². The summed E-state index contributed by atoms with van der Waals surface area (Å²) in [5, 5.41) is 12.3. The first-order valence-corrected chi connectivity index (χ1v) is 11.4. The number of carbonyl (C=O) groups is 3. The molecule has 3 atom stereocenters. The minimum Gasteiger partial charge on any atom is -0.478 e. The Morgan fingerprint density at radius 3 is 2.16 bits per heavy atom. The van der Waals surface area contributed by atoms with Crippen LogP contribution in [0.1, 0.15) is 74.7 Å². The molecular weight excluding hydrogens is 394 g/mol. The van der Waals surface area contributed by atoms with Gasteiger partial charge in [0.1, 0.15) is 6.04 Å². The number of carboxylic acids is 1. The summed E-state index contributed by atoms with van der Waals surface area (Å²) in [6.07, 6.45) is 4.50. The fraction of sp³-hybridized carbons (Fsp3) is 0.792. The molecule has 1 saturated heterocycles. The molecule has 0 aromatic carbocycles. The third-order valence-corrected chi connectivity index (χ3v) is 6.15. The number of nitrogens with one attached hydrogen (secondary N) is 1. The monoisotopic (exact) mass is 437 g/mol. The smallest absolute Gasteiger partial charge is 0.331 e. The van der Waals surface area contributed by atoms with Crippen LogP contribution in [0.15, 0.2) is 11.6 Å². The lowest BCUT2D eigenvalue weighted by atomic mass is 9.84. The molecule has 1 rings (SSSR count). The van der Waals surface area contributed by atoms with E-state index >= 15 is 0 Å². The lowest BCUT2D eigenvalue weighted by molar-refractivity contribution is -0.142. The van der Waals surface area contributed by atoms with Gasteiger partial charge < -0.3 is 15.3 Å². The van der Waals surface area contributed by atoms with Gasteiger partial charge in [-0.3, -0.25) is 14.5 Å². The molecule has 178 valence electrons. The molecule has 0 spiro atoms. The number of hydrogen-bond acceptors (Lipinski definition) is 4. The van der Waals surface area contributed by atoms with Crippen molar-refractivity contribution in [2.75, 3.05) is 13.6 Å². The van der Waals surface area contributed by atoms with Gasteiger partial charge in [0.05, 0.1) is 12.1 Å². The number of carbonyl (C=O) groups excluding carboxylic acids is 2. The maximum absolute atomic E-state index is 13.5. The van der Waals surface area contributed by atoms with Crippen LogP contribution in [0.3, 0.4) is 0 Å². The van der Waals surface area contributed by atoms with Crippen LogP contribution in [0.2, 0.25) is 0 Å².